The lowest BCUT2D eigenvalue weighted by Gasteiger charge is -2.22. The van der Waals surface area contributed by atoms with Gasteiger partial charge in [-0.3, -0.25) is 4.79 Å². The molecule has 4 heteroatoms. The average Bonchev–Trinajstić information content (AvgIpc) is 1.81. The van der Waals surface area contributed by atoms with Gasteiger partial charge in [0.15, 0.2) is 0 Å². The van der Waals surface area contributed by atoms with Crippen molar-refractivity contribution in [2.24, 2.45) is 11.5 Å². The van der Waals surface area contributed by atoms with Crippen molar-refractivity contribution in [1.82, 2.24) is 0 Å². The van der Waals surface area contributed by atoms with Crippen LogP contribution in [0.4, 0.5) is 0 Å². The molecule has 0 heterocycles. The van der Waals surface area contributed by atoms with Crippen LogP contribution in [0, 0.1) is 0 Å². The third-order valence-electron chi connectivity index (χ3n) is 1.34. The van der Waals surface area contributed by atoms with E-state index in [0.717, 1.165) is 0 Å². The molecule has 0 saturated carbocycles. The zero-order valence-electron chi connectivity index (χ0n) is 8.83. The predicted molar refractivity (Wildman–Crippen MR) is 52.1 cm³/mol. The molecular formula is C9H20N2O2. The molecule has 0 radical (unpaired) electrons. The Morgan fingerprint density at radius 1 is 1.38 bits per heavy atom. The van der Waals surface area contributed by atoms with E-state index in [1.165, 1.54) is 0 Å². The highest BCUT2D eigenvalue weighted by Gasteiger charge is 2.22. The standard InChI is InChI=1S/C9H20N2O2/c1-6(10)5-7(11)8(12)13-9(2,3)4/h6-7H,5,10-11H2,1-4H3/t6-,7+/m0/s1. The first-order chi connectivity index (χ1) is 5.72. The molecule has 4 N–H and O–H groups in total. The molecule has 0 rings (SSSR count). The lowest BCUT2D eigenvalue weighted by molar-refractivity contribution is -0.156. The van der Waals surface area contributed by atoms with E-state index in [1.54, 1.807) is 0 Å². The summed E-state index contributed by atoms with van der Waals surface area (Å²) in [5.74, 6) is -0.384. The maximum atomic E-state index is 11.3. The molecule has 0 unspecified atom stereocenters. The van der Waals surface area contributed by atoms with Gasteiger partial charge in [-0.25, -0.2) is 0 Å². The van der Waals surface area contributed by atoms with E-state index in [4.69, 9.17) is 16.2 Å². The van der Waals surface area contributed by atoms with Crippen molar-refractivity contribution in [3.63, 3.8) is 0 Å². The quantitative estimate of drug-likeness (QED) is 0.628. The molecule has 0 aliphatic heterocycles. The van der Waals surface area contributed by atoms with Gasteiger partial charge < -0.3 is 16.2 Å². The van der Waals surface area contributed by atoms with Crippen LogP contribution in [0.15, 0.2) is 0 Å². The van der Waals surface area contributed by atoms with Crippen molar-refractivity contribution >= 4 is 5.97 Å². The van der Waals surface area contributed by atoms with Gasteiger partial charge in [-0.05, 0) is 34.1 Å². The molecule has 78 valence electrons. The van der Waals surface area contributed by atoms with E-state index in [1.807, 2.05) is 27.7 Å². The number of nitrogens with two attached hydrogens (primary N) is 2. The second-order valence-electron chi connectivity index (χ2n) is 4.35. The molecule has 4 nitrogen and oxygen atoms in total. The van der Waals surface area contributed by atoms with Crippen LogP contribution in [0.5, 0.6) is 0 Å². The largest absolute Gasteiger partial charge is 0.459 e. The van der Waals surface area contributed by atoms with Gasteiger partial charge in [0.05, 0.1) is 0 Å². The average molecular weight is 188 g/mol. The van der Waals surface area contributed by atoms with Crippen LogP contribution >= 0.6 is 0 Å². The summed E-state index contributed by atoms with van der Waals surface area (Å²) in [7, 11) is 0. The van der Waals surface area contributed by atoms with Crippen LogP contribution < -0.4 is 11.5 Å². The second kappa shape index (κ2) is 4.58. The Kier molecular flexibility index (Phi) is 4.36. The summed E-state index contributed by atoms with van der Waals surface area (Å²) < 4.78 is 5.08. The zero-order valence-corrected chi connectivity index (χ0v) is 8.83. The number of hydrogen-bond acceptors (Lipinski definition) is 4. The highest BCUT2D eigenvalue weighted by molar-refractivity contribution is 5.75. The van der Waals surface area contributed by atoms with Gasteiger partial charge in [0.25, 0.3) is 0 Å². The SMILES string of the molecule is C[C@H](N)C[C@@H](N)C(=O)OC(C)(C)C. The molecule has 0 aromatic heterocycles. The maximum Gasteiger partial charge on any atom is 0.323 e. The highest BCUT2D eigenvalue weighted by atomic mass is 16.6. The summed E-state index contributed by atoms with van der Waals surface area (Å²) in [6.07, 6.45) is 0.453. The summed E-state index contributed by atoms with van der Waals surface area (Å²) in [6.45, 7) is 7.24. The zero-order chi connectivity index (χ0) is 10.6. The number of esters is 1. The van der Waals surface area contributed by atoms with E-state index >= 15 is 0 Å². The predicted octanol–water partition coefficient (Wildman–Crippen LogP) is 0.393. The third-order valence-corrected chi connectivity index (χ3v) is 1.34. The van der Waals surface area contributed by atoms with Gasteiger partial charge in [0.1, 0.15) is 11.6 Å². The Morgan fingerprint density at radius 2 is 1.85 bits per heavy atom. The summed E-state index contributed by atoms with van der Waals surface area (Å²) in [5.41, 5.74) is 10.6. The third kappa shape index (κ3) is 6.54. The maximum absolute atomic E-state index is 11.3. The fourth-order valence-corrected chi connectivity index (χ4v) is 0.874. The number of rotatable bonds is 3. The van der Waals surface area contributed by atoms with Crippen molar-refractivity contribution in [3.8, 4) is 0 Å². The molecule has 13 heavy (non-hydrogen) atoms. The van der Waals surface area contributed by atoms with Gasteiger partial charge in [0.2, 0.25) is 0 Å². The minimum Gasteiger partial charge on any atom is -0.459 e. The van der Waals surface area contributed by atoms with Crippen LogP contribution in [0.2, 0.25) is 0 Å². The Balaban J connectivity index is 3.97. The van der Waals surface area contributed by atoms with Crippen LogP contribution in [-0.2, 0) is 9.53 Å². The normalized spacial score (nSPS) is 16.5. The smallest absolute Gasteiger partial charge is 0.323 e. The number of carbonyl (C=O) groups excluding carboxylic acids is 1. The highest BCUT2D eigenvalue weighted by Crippen LogP contribution is 2.09. The molecule has 0 aromatic carbocycles. The first kappa shape index (κ1) is 12.4. The molecular weight excluding hydrogens is 168 g/mol. The van der Waals surface area contributed by atoms with E-state index in [2.05, 4.69) is 0 Å². The topological polar surface area (TPSA) is 78.3 Å². The monoisotopic (exact) mass is 188 g/mol. The van der Waals surface area contributed by atoms with E-state index < -0.39 is 11.6 Å². The first-order valence-corrected chi connectivity index (χ1v) is 4.46. The van der Waals surface area contributed by atoms with Crippen LogP contribution in [0.1, 0.15) is 34.1 Å². The Hall–Kier alpha value is -0.610. The molecule has 0 fully saturated rings. The summed E-state index contributed by atoms with van der Waals surface area (Å²) >= 11 is 0. The summed E-state index contributed by atoms with van der Waals surface area (Å²) in [4.78, 5) is 11.3. The summed E-state index contributed by atoms with van der Waals surface area (Å²) in [5, 5.41) is 0. The van der Waals surface area contributed by atoms with Crippen molar-refractivity contribution in [3.05, 3.63) is 0 Å². The number of carbonyl (C=O) groups is 1. The molecule has 0 amide bonds. The molecule has 0 saturated heterocycles. The van der Waals surface area contributed by atoms with Crippen LogP contribution in [0.25, 0.3) is 0 Å². The Labute approximate surface area is 79.6 Å². The van der Waals surface area contributed by atoms with Gasteiger partial charge in [0, 0.05) is 6.04 Å². The lowest BCUT2D eigenvalue weighted by Crippen LogP contribution is -2.40. The van der Waals surface area contributed by atoms with Gasteiger partial charge >= 0.3 is 5.97 Å². The minimum absolute atomic E-state index is 0.0810. The number of ether oxygens (including phenoxy) is 1. The van der Waals surface area contributed by atoms with Crippen molar-refractivity contribution < 1.29 is 9.53 Å². The van der Waals surface area contributed by atoms with E-state index in [-0.39, 0.29) is 12.0 Å². The van der Waals surface area contributed by atoms with Crippen molar-refractivity contribution in [1.29, 1.82) is 0 Å². The number of hydrogen-bond donors (Lipinski definition) is 2. The Bertz CT molecular complexity index is 173. The van der Waals surface area contributed by atoms with Crippen LogP contribution in [-0.4, -0.2) is 23.7 Å². The van der Waals surface area contributed by atoms with E-state index in [0.29, 0.717) is 6.42 Å². The first-order valence-electron chi connectivity index (χ1n) is 4.46. The Morgan fingerprint density at radius 3 is 2.15 bits per heavy atom. The second-order valence-corrected chi connectivity index (χ2v) is 4.35. The van der Waals surface area contributed by atoms with Crippen molar-refractivity contribution in [2.75, 3.05) is 0 Å². The van der Waals surface area contributed by atoms with Gasteiger partial charge in [-0.2, -0.15) is 0 Å². The fourth-order valence-electron chi connectivity index (χ4n) is 0.874. The molecule has 2 atom stereocenters. The van der Waals surface area contributed by atoms with E-state index in [9.17, 15) is 4.79 Å². The molecule has 0 aliphatic carbocycles. The fraction of sp³-hybridized carbons (Fsp3) is 0.889. The van der Waals surface area contributed by atoms with Crippen LogP contribution in [0.3, 0.4) is 0 Å². The molecule has 0 aliphatic rings. The summed E-state index contributed by atoms with van der Waals surface area (Å²) in [6, 6.07) is -0.693. The minimum atomic E-state index is -0.612. The van der Waals surface area contributed by atoms with Crippen molar-refractivity contribution in [2.45, 2.75) is 51.8 Å². The van der Waals surface area contributed by atoms with Gasteiger partial charge in [-0.15, -0.1) is 0 Å². The lowest BCUT2D eigenvalue weighted by atomic mass is 10.1. The molecule has 0 spiro atoms. The molecule has 0 bridgehead atoms. The molecule has 0 aromatic rings. The van der Waals surface area contributed by atoms with Gasteiger partial charge in [-0.1, -0.05) is 0 Å².